The molecular weight excluding hydrogens is 212 g/mol. The van der Waals surface area contributed by atoms with Crippen molar-refractivity contribution >= 4 is 8.32 Å². The summed E-state index contributed by atoms with van der Waals surface area (Å²) in [5, 5.41) is 0.288. The van der Waals surface area contributed by atoms with E-state index in [1.54, 1.807) is 0 Å². The monoisotopic (exact) mass is 238 g/mol. The first-order chi connectivity index (χ1) is 7.28. The maximum Gasteiger partial charge on any atom is 0.192 e. The smallest absolute Gasteiger partial charge is 0.192 e. The van der Waals surface area contributed by atoms with Crippen LogP contribution in [0.2, 0.25) is 18.1 Å². The van der Waals surface area contributed by atoms with Gasteiger partial charge in [-0.05, 0) is 43.0 Å². The number of allylic oxidation sites excluding steroid dienone is 1. The molecule has 0 N–H and O–H groups in total. The van der Waals surface area contributed by atoms with E-state index in [0.717, 1.165) is 6.42 Å². The normalized spacial score (nSPS) is 22.8. The third-order valence-corrected chi connectivity index (χ3v) is 8.39. The van der Waals surface area contributed by atoms with Gasteiger partial charge in [0.25, 0.3) is 0 Å². The van der Waals surface area contributed by atoms with Gasteiger partial charge < -0.3 is 4.43 Å². The molecule has 92 valence electrons. The van der Waals surface area contributed by atoms with Gasteiger partial charge in [0.2, 0.25) is 0 Å². The van der Waals surface area contributed by atoms with Crippen molar-refractivity contribution in [2.45, 2.75) is 64.3 Å². The van der Waals surface area contributed by atoms with Crippen molar-refractivity contribution < 1.29 is 4.43 Å². The molecule has 1 nitrogen and oxygen atoms in total. The summed E-state index contributed by atoms with van der Waals surface area (Å²) < 4.78 is 6.45. The molecule has 0 unspecified atom stereocenters. The summed E-state index contributed by atoms with van der Waals surface area (Å²) in [7, 11) is -1.64. The Labute approximate surface area is 102 Å². The molecule has 1 rings (SSSR count). The van der Waals surface area contributed by atoms with Crippen molar-refractivity contribution in [3.63, 3.8) is 0 Å². The van der Waals surface area contributed by atoms with Crippen molar-refractivity contribution in [2.24, 2.45) is 0 Å². The molecule has 0 aromatic rings. The van der Waals surface area contributed by atoms with E-state index in [1.807, 2.05) is 6.08 Å². The molecular formula is C14H26OSi. The molecule has 0 spiro atoms. The average molecular weight is 238 g/mol. The van der Waals surface area contributed by atoms with E-state index in [2.05, 4.69) is 46.5 Å². The fourth-order valence-electron chi connectivity index (χ4n) is 1.74. The first kappa shape index (κ1) is 13.7. The van der Waals surface area contributed by atoms with E-state index in [0.29, 0.717) is 6.10 Å². The van der Waals surface area contributed by atoms with Crippen LogP contribution in [0.1, 0.15) is 40.0 Å². The van der Waals surface area contributed by atoms with Gasteiger partial charge in [-0.1, -0.05) is 39.5 Å². The number of rotatable bonds is 3. The van der Waals surface area contributed by atoms with Crippen molar-refractivity contribution in [1.29, 1.82) is 0 Å². The van der Waals surface area contributed by atoms with E-state index >= 15 is 0 Å². The second-order valence-electron chi connectivity index (χ2n) is 6.21. The molecule has 0 aromatic carbocycles. The summed E-state index contributed by atoms with van der Waals surface area (Å²) >= 11 is 0. The van der Waals surface area contributed by atoms with Crippen LogP contribution in [-0.2, 0) is 4.43 Å². The van der Waals surface area contributed by atoms with Crippen LogP contribution >= 0.6 is 0 Å². The molecule has 0 radical (unpaired) electrons. The van der Waals surface area contributed by atoms with Crippen LogP contribution in [-0.4, -0.2) is 14.4 Å². The van der Waals surface area contributed by atoms with Gasteiger partial charge in [-0.3, -0.25) is 0 Å². The zero-order valence-electron chi connectivity index (χ0n) is 11.5. The molecule has 0 saturated carbocycles. The predicted molar refractivity (Wildman–Crippen MR) is 74.2 cm³/mol. The van der Waals surface area contributed by atoms with E-state index in [1.165, 1.54) is 18.4 Å². The second kappa shape index (κ2) is 4.88. The van der Waals surface area contributed by atoms with Crippen LogP contribution in [0.3, 0.4) is 0 Å². The summed E-state index contributed by atoms with van der Waals surface area (Å²) in [6, 6.07) is 0. The molecule has 1 atom stereocenters. The number of hydrogen-bond acceptors (Lipinski definition) is 1. The molecule has 2 heteroatoms. The Kier molecular flexibility index (Phi) is 4.19. The van der Waals surface area contributed by atoms with E-state index in [4.69, 9.17) is 4.43 Å². The third-order valence-electron chi connectivity index (χ3n) is 3.90. The van der Waals surface area contributed by atoms with Crippen LogP contribution in [0, 0.1) is 0 Å². The summed E-state index contributed by atoms with van der Waals surface area (Å²) in [5.41, 5.74) is 1.30. The third kappa shape index (κ3) is 3.08. The first-order valence-electron chi connectivity index (χ1n) is 6.28. The van der Waals surface area contributed by atoms with Crippen LogP contribution < -0.4 is 0 Å². The maximum absolute atomic E-state index is 6.45. The molecule has 1 aliphatic carbocycles. The van der Waals surface area contributed by atoms with Gasteiger partial charge in [0.1, 0.15) is 0 Å². The minimum atomic E-state index is -1.64. The molecule has 0 amide bonds. The summed E-state index contributed by atoms with van der Waals surface area (Å²) in [4.78, 5) is 0. The van der Waals surface area contributed by atoms with Gasteiger partial charge in [-0.15, -0.1) is 0 Å². The van der Waals surface area contributed by atoms with Gasteiger partial charge in [0.15, 0.2) is 8.32 Å². The fourth-order valence-corrected chi connectivity index (χ4v) is 3.06. The van der Waals surface area contributed by atoms with Crippen LogP contribution in [0.15, 0.2) is 24.3 Å². The molecule has 0 bridgehead atoms. The van der Waals surface area contributed by atoms with Crippen LogP contribution in [0.25, 0.3) is 0 Å². The number of hydrogen-bond donors (Lipinski definition) is 0. The standard InChI is InChI=1S/C14H26OSi/c1-7-12-10-8-9-11-13(12)15-16(5,6)14(2,3)4/h7,10,13H,1,8-9,11H2,2-6H3/t13-/m0/s1. The lowest BCUT2D eigenvalue weighted by atomic mass is 9.97. The Morgan fingerprint density at radius 3 is 2.56 bits per heavy atom. The molecule has 0 heterocycles. The van der Waals surface area contributed by atoms with Crippen molar-refractivity contribution in [2.75, 3.05) is 0 Å². The van der Waals surface area contributed by atoms with E-state index < -0.39 is 8.32 Å². The zero-order valence-corrected chi connectivity index (χ0v) is 12.5. The second-order valence-corrected chi connectivity index (χ2v) is 11.0. The largest absolute Gasteiger partial charge is 0.410 e. The minimum Gasteiger partial charge on any atom is -0.410 e. The van der Waals surface area contributed by atoms with Gasteiger partial charge in [-0.2, -0.15) is 0 Å². The van der Waals surface area contributed by atoms with Gasteiger partial charge in [-0.25, -0.2) is 0 Å². The molecule has 0 saturated heterocycles. The van der Waals surface area contributed by atoms with Crippen molar-refractivity contribution in [3.8, 4) is 0 Å². The van der Waals surface area contributed by atoms with Crippen molar-refractivity contribution in [1.82, 2.24) is 0 Å². The Hall–Kier alpha value is -0.343. The molecule has 1 aliphatic rings. The Bertz CT molecular complexity index is 284. The Morgan fingerprint density at radius 2 is 2.06 bits per heavy atom. The van der Waals surface area contributed by atoms with Gasteiger partial charge in [0, 0.05) is 0 Å². The summed E-state index contributed by atoms with van der Waals surface area (Å²) in [6.07, 6.45) is 8.14. The molecule has 0 aromatic heterocycles. The Balaban J connectivity index is 2.77. The lowest BCUT2D eigenvalue weighted by molar-refractivity contribution is 0.199. The average Bonchev–Trinajstić information content (AvgIpc) is 2.16. The Morgan fingerprint density at radius 1 is 1.44 bits per heavy atom. The maximum atomic E-state index is 6.45. The highest BCUT2D eigenvalue weighted by Gasteiger charge is 2.39. The van der Waals surface area contributed by atoms with Crippen LogP contribution in [0.5, 0.6) is 0 Å². The highest BCUT2D eigenvalue weighted by Crippen LogP contribution is 2.39. The quantitative estimate of drug-likeness (QED) is 0.649. The lowest BCUT2D eigenvalue weighted by Gasteiger charge is -2.40. The minimum absolute atomic E-state index is 0.288. The predicted octanol–water partition coefficient (Wildman–Crippen LogP) is 4.67. The molecule has 0 fully saturated rings. The fraction of sp³-hybridized carbons (Fsp3) is 0.714. The van der Waals surface area contributed by atoms with Gasteiger partial charge >= 0.3 is 0 Å². The van der Waals surface area contributed by atoms with Crippen molar-refractivity contribution in [3.05, 3.63) is 24.3 Å². The summed E-state index contributed by atoms with van der Waals surface area (Å²) in [5.74, 6) is 0. The topological polar surface area (TPSA) is 9.23 Å². The SMILES string of the molecule is C=CC1=CCCC[C@@H]1O[Si](C)(C)C(C)(C)C. The highest BCUT2D eigenvalue weighted by atomic mass is 28.4. The van der Waals surface area contributed by atoms with Crippen LogP contribution in [0.4, 0.5) is 0 Å². The zero-order chi connectivity index (χ0) is 12.4. The van der Waals surface area contributed by atoms with E-state index in [-0.39, 0.29) is 5.04 Å². The van der Waals surface area contributed by atoms with Gasteiger partial charge in [0.05, 0.1) is 6.10 Å². The first-order valence-corrected chi connectivity index (χ1v) is 9.19. The molecule has 16 heavy (non-hydrogen) atoms. The lowest BCUT2D eigenvalue weighted by Crippen LogP contribution is -2.44. The molecule has 0 aliphatic heterocycles. The highest BCUT2D eigenvalue weighted by molar-refractivity contribution is 6.74. The van der Waals surface area contributed by atoms with E-state index in [9.17, 15) is 0 Å². The summed E-state index contributed by atoms with van der Waals surface area (Å²) in [6.45, 7) is 15.4.